The van der Waals surface area contributed by atoms with E-state index in [4.69, 9.17) is 5.73 Å². The first-order chi connectivity index (χ1) is 8.59. The average Bonchev–Trinajstić information content (AvgIpc) is 2.38. The van der Waals surface area contributed by atoms with Crippen molar-refractivity contribution in [3.63, 3.8) is 0 Å². The Balaban J connectivity index is 0.00000180. The lowest BCUT2D eigenvalue weighted by molar-refractivity contribution is -0.385. The van der Waals surface area contributed by atoms with E-state index < -0.39 is 16.8 Å². The van der Waals surface area contributed by atoms with Crippen LogP contribution in [0.5, 0.6) is 0 Å². The van der Waals surface area contributed by atoms with Gasteiger partial charge in [0.15, 0.2) is 0 Å². The molecule has 5 nitrogen and oxygen atoms in total. The molecule has 1 heterocycles. The number of benzene rings is 1. The highest BCUT2D eigenvalue weighted by atomic mass is 35.5. The van der Waals surface area contributed by atoms with Gasteiger partial charge in [-0.05, 0) is 44.0 Å². The first kappa shape index (κ1) is 15.8. The Morgan fingerprint density at radius 2 is 2.05 bits per heavy atom. The summed E-state index contributed by atoms with van der Waals surface area (Å²) in [4.78, 5) is 10.4. The summed E-state index contributed by atoms with van der Waals surface area (Å²) in [5.74, 6) is -0.327. The van der Waals surface area contributed by atoms with Gasteiger partial charge in [0, 0.05) is 17.7 Å². The molecule has 1 aromatic rings. The summed E-state index contributed by atoms with van der Waals surface area (Å²) in [6, 6.07) is 2.98. The minimum Gasteiger partial charge on any atom is -0.323 e. The monoisotopic (exact) mass is 289 g/mol. The third kappa shape index (κ3) is 3.62. The molecule has 0 aliphatic carbocycles. The standard InChI is InChI=1S/C12H16FN3O2.ClH/c13-9-1-2-11(16(17)18)10(7-9)12(14)8-3-5-15-6-4-8;/h1-2,7-8,12,15H,3-6,14H2;1H/t12-;/m1./s1. The van der Waals surface area contributed by atoms with Gasteiger partial charge in [0.25, 0.3) is 5.69 Å². The molecule has 1 aromatic carbocycles. The lowest BCUT2D eigenvalue weighted by atomic mass is 9.86. The van der Waals surface area contributed by atoms with E-state index in [-0.39, 0.29) is 24.0 Å². The molecular weight excluding hydrogens is 273 g/mol. The Bertz CT molecular complexity index is 453. The SMILES string of the molecule is Cl.N[C@@H](c1cc(F)ccc1[N+](=O)[O-])C1CCNCC1. The molecule has 106 valence electrons. The number of piperidine rings is 1. The Morgan fingerprint density at radius 3 is 2.63 bits per heavy atom. The number of halogens is 2. The normalized spacial score (nSPS) is 17.6. The van der Waals surface area contributed by atoms with Crippen molar-refractivity contribution in [3.8, 4) is 0 Å². The van der Waals surface area contributed by atoms with Crippen LogP contribution in [0.15, 0.2) is 18.2 Å². The summed E-state index contributed by atoms with van der Waals surface area (Å²) in [5.41, 5.74) is 6.28. The fraction of sp³-hybridized carbons (Fsp3) is 0.500. The summed E-state index contributed by atoms with van der Waals surface area (Å²) in [6.45, 7) is 1.70. The fourth-order valence-electron chi connectivity index (χ4n) is 2.42. The van der Waals surface area contributed by atoms with Crippen molar-refractivity contribution in [1.29, 1.82) is 0 Å². The molecule has 7 heteroatoms. The van der Waals surface area contributed by atoms with Crippen LogP contribution in [0.2, 0.25) is 0 Å². The molecule has 1 fully saturated rings. The highest BCUT2D eigenvalue weighted by molar-refractivity contribution is 5.85. The molecule has 0 unspecified atom stereocenters. The van der Waals surface area contributed by atoms with Gasteiger partial charge in [0.05, 0.1) is 4.92 Å². The molecule has 0 bridgehead atoms. The molecular formula is C12H17ClFN3O2. The Hall–Kier alpha value is -1.24. The zero-order valence-corrected chi connectivity index (χ0v) is 11.2. The topological polar surface area (TPSA) is 81.2 Å². The third-order valence-corrected chi connectivity index (χ3v) is 3.44. The summed E-state index contributed by atoms with van der Waals surface area (Å²) < 4.78 is 13.2. The predicted octanol–water partition coefficient (Wildman–Crippen LogP) is 2.16. The van der Waals surface area contributed by atoms with Crippen LogP contribution in [0.1, 0.15) is 24.4 Å². The van der Waals surface area contributed by atoms with Crippen LogP contribution in [0.3, 0.4) is 0 Å². The molecule has 1 atom stereocenters. The molecule has 0 amide bonds. The third-order valence-electron chi connectivity index (χ3n) is 3.44. The zero-order chi connectivity index (χ0) is 13.1. The van der Waals surface area contributed by atoms with E-state index in [1.807, 2.05) is 0 Å². The van der Waals surface area contributed by atoms with Gasteiger partial charge in [-0.15, -0.1) is 12.4 Å². The maximum atomic E-state index is 13.2. The highest BCUT2D eigenvalue weighted by Gasteiger charge is 2.27. The van der Waals surface area contributed by atoms with Crippen LogP contribution >= 0.6 is 12.4 Å². The lowest BCUT2D eigenvalue weighted by Crippen LogP contribution is -2.34. The smallest absolute Gasteiger partial charge is 0.274 e. The van der Waals surface area contributed by atoms with Crippen LogP contribution in [0, 0.1) is 21.8 Å². The van der Waals surface area contributed by atoms with Gasteiger partial charge in [0.1, 0.15) is 5.82 Å². The summed E-state index contributed by atoms with van der Waals surface area (Å²) in [7, 11) is 0. The first-order valence-corrected chi connectivity index (χ1v) is 5.99. The van der Waals surface area contributed by atoms with Gasteiger partial charge >= 0.3 is 0 Å². The van der Waals surface area contributed by atoms with Gasteiger partial charge in [0.2, 0.25) is 0 Å². The zero-order valence-electron chi connectivity index (χ0n) is 10.3. The quantitative estimate of drug-likeness (QED) is 0.660. The van der Waals surface area contributed by atoms with Crippen molar-refractivity contribution < 1.29 is 9.31 Å². The van der Waals surface area contributed by atoms with Crippen molar-refractivity contribution in [3.05, 3.63) is 39.7 Å². The van der Waals surface area contributed by atoms with Crippen LogP contribution in [0.4, 0.5) is 10.1 Å². The highest BCUT2D eigenvalue weighted by Crippen LogP contribution is 2.32. The van der Waals surface area contributed by atoms with E-state index in [1.54, 1.807) is 0 Å². The van der Waals surface area contributed by atoms with Gasteiger partial charge < -0.3 is 11.1 Å². The van der Waals surface area contributed by atoms with Crippen molar-refractivity contribution in [2.24, 2.45) is 11.7 Å². The van der Waals surface area contributed by atoms with E-state index in [9.17, 15) is 14.5 Å². The molecule has 0 radical (unpaired) electrons. The van der Waals surface area contributed by atoms with E-state index in [0.717, 1.165) is 32.0 Å². The Morgan fingerprint density at radius 1 is 1.42 bits per heavy atom. The number of nitro groups is 1. The number of nitrogens with two attached hydrogens (primary N) is 1. The molecule has 0 aromatic heterocycles. The van der Waals surface area contributed by atoms with Gasteiger partial charge in [-0.1, -0.05) is 0 Å². The number of nitrogens with one attached hydrogen (secondary N) is 1. The fourth-order valence-corrected chi connectivity index (χ4v) is 2.42. The summed E-state index contributed by atoms with van der Waals surface area (Å²) in [5, 5.41) is 14.1. The van der Waals surface area contributed by atoms with Crippen molar-refractivity contribution in [2.45, 2.75) is 18.9 Å². The van der Waals surface area contributed by atoms with E-state index >= 15 is 0 Å². The average molecular weight is 290 g/mol. The molecule has 2 rings (SSSR count). The van der Waals surface area contributed by atoms with Crippen LogP contribution in [-0.4, -0.2) is 18.0 Å². The van der Waals surface area contributed by atoms with Crippen LogP contribution in [-0.2, 0) is 0 Å². The minimum absolute atomic E-state index is 0. The van der Waals surface area contributed by atoms with Crippen molar-refractivity contribution >= 4 is 18.1 Å². The van der Waals surface area contributed by atoms with Crippen molar-refractivity contribution in [2.75, 3.05) is 13.1 Å². The summed E-state index contributed by atoms with van der Waals surface area (Å²) in [6.07, 6.45) is 1.71. The maximum Gasteiger partial charge on any atom is 0.274 e. The molecule has 1 aliphatic heterocycles. The number of nitro benzene ring substituents is 1. The van der Waals surface area contributed by atoms with Gasteiger partial charge in [-0.25, -0.2) is 4.39 Å². The lowest BCUT2D eigenvalue weighted by Gasteiger charge is -2.28. The molecule has 0 saturated carbocycles. The second-order valence-corrected chi connectivity index (χ2v) is 4.57. The largest absolute Gasteiger partial charge is 0.323 e. The van der Waals surface area contributed by atoms with Crippen LogP contribution in [0.25, 0.3) is 0 Å². The second-order valence-electron chi connectivity index (χ2n) is 4.57. The maximum absolute atomic E-state index is 13.2. The Kier molecular flexibility index (Phi) is 5.65. The summed E-state index contributed by atoms with van der Waals surface area (Å²) >= 11 is 0. The van der Waals surface area contributed by atoms with E-state index in [1.165, 1.54) is 12.1 Å². The predicted molar refractivity (Wildman–Crippen MR) is 72.8 cm³/mol. The van der Waals surface area contributed by atoms with Crippen LogP contribution < -0.4 is 11.1 Å². The molecule has 3 N–H and O–H groups in total. The second kappa shape index (κ2) is 6.79. The Labute approximate surface area is 116 Å². The van der Waals surface area contributed by atoms with E-state index in [0.29, 0.717) is 5.56 Å². The number of hydrogen-bond acceptors (Lipinski definition) is 4. The molecule has 0 spiro atoms. The number of hydrogen-bond donors (Lipinski definition) is 2. The first-order valence-electron chi connectivity index (χ1n) is 5.99. The number of nitrogens with zero attached hydrogens (tertiary/aromatic N) is 1. The molecule has 19 heavy (non-hydrogen) atoms. The number of rotatable bonds is 3. The van der Waals surface area contributed by atoms with E-state index in [2.05, 4.69) is 5.32 Å². The van der Waals surface area contributed by atoms with Crippen molar-refractivity contribution in [1.82, 2.24) is 5.32 Å². The van der Waals surface area contributed by atoms with Gasteiger partial charge in [-0.2, -0.15) is 0 Å². The van der Waals surface area contributed by atoms with Gasteiger partial charge in [-0.3, -0.25) is 10.1 Å². The molecule has 1 aliphatic rings. The molecule has 1 saturated heterocycles. The minimum atomic E-state index is -0.504.